The summed E-state index contributed by atoms with van der Waals surface area (Å²) in [5.41, 5.74) is 1.78. The van der Waals surface area contributed by atoms with Crippen molar-refractivity contribution in [1.82, 2.24) is 14.8 Å². The number of benzene rings is 1. The van der Waals surface area contributed by atoms with Gasteiger partial charge in [0, 0.05) is 18.8 Å². The number of aromatic nitrogens is 1. The molecule has 0 aliphatic carbocycles. The molecule has 1 aromatic heterocycles. The van der Waals surface area contributed by atoms with E-state index >= 15 is 0 Å². The van der Waals surface area contributed by atoms with Crippen LogP contribution in [-0.2, 0) is 16.8 Å². The number of piperidine rings is 1. The molecule has 0 bridgehead atoms. The van der Waals surface area contributed by atoms with Crippen molar-refractivity contribution >= 4 is 23.4 Å². The number of carbonyl (C=O) groups is 2. The predicted molar refractivity (Wildman–Crippen MR) is 136 cm³/mol. The molecule has 2 aromatic rings. The third-order valence-electron chi connectivity index (χ3n) is 7.05. The number of imide groups is 1. The minimum Gasteiger partial charge on any atom is -0.367 e. The molecule has 0 radical (unpaired) electrons. The molecule has 0 atom stereocenters. The van der Waals surface area contributed by atoms with Gasteiger partial charge >= 0.3 is 6.03 Å². The minimum absolute atomic E-state index is 0.00347. The van der Waals surface area contributed by atoms with E-state index in [1.807, 2.05) is 50.2 Å². The zero-order valence-corrected chi connectivity index (χ0v) is 21.3. The lowest BCUT2D eigenvalue weighted by molar-refractivity contribution is -0.123. The number of hydrogen-bond acceptors (Lipinski definition) is 5. The number of amides is 3. The van der Waals surface area contributed by atoms with Crippen LogP contribution in [-0.4, -0.2) is 58.4 Å². The number of nitrogens with zero attached hydrogens (tertiary/aromatic N) is 4. The largest absolute Gasteiger partial charge is 0.367 e. The van der Waals surface area contributed by atoms with Crippen molar-refractivity contribution < 1.29 is 9.59 Å². The molecule has 0 spiro atoms. The zero-order valence-electron chi connectivity index (χ0n) is 21.3. The normalized spacial score (nSPS) is 19.7. The molecule has 2 aliphatic heterocycles. The van der Waals surface area contributed by atoms with Crippen LogP contribution in [0, 0.1) is 0 Å². The average Bonchev–Trinajstić information content (AvgIpc) is 2.94. The van der Waals surface area contributed by atoms with Gasteiger partial charge in [0.2, 0.25) is 0 Å². The van der Waals surface area contributed by atoms with Crippen molar-refractivity contribution in [2.24, 2.45) is 0 Å². The Bertz CT molecular complexity index is 1050. The van der Waals surface area contributed by atoms with Crippen LogP contribution < -0.4 is 10.2 Å². The van der Waals surface area contributed by atoms with Crippen molar-refractivity contribution in [3.63, 3.8) is 0 Å². The summed E-state index contributed by atoms with van der Waals surface area (Å²) in [6.45, 7) is 12.5. The van der Waals surface area contributed by atoms with E-state index in [0.717, 1.165) is 42.9 Å². The molecular weight excluding hydrogens is 426 g/mol. The standard InChI is InChI=1S/C27H37N5O2/c1-26(2,3)20-7-9-22(10-8-20)32-24(33)27(4,5)31(25(32)34)18-19-11-14-28-23(17-19)29-21-12-15-30(6)16-13-21/h7-11,14,17,21H,12-13,15-16,18H2,1-6H3,(H,28,29). The van der Waals surface area contributed by atoms with E-state index in [1.54, 1.807) is 11.1 Å². The van der Waals surface area contributed by atoms with Crippen LogP contribution in [0.3, 0.4) is 0 Å². The number of likely N-dealkylation sites (tertiary alicyclic amines) is 1. The van der Waals surface area contributed by atoms with Gasteiger partial charge in [0.15, 0.2) is 0 Å². The maximum atomic E-state index is 13.4. The van der Waals surface area contributed by atoms with Crippen LogP contribution in [0.4, 0.5) is 16.3 Å². The van der Waals surface area contributed by atoms with Crippen LogP contribution in [0.5, 0.6) is 0 Å². The van der Waals surface area contributed by atoms with Crippen LogP contribution in [0.25, 0.3) is 0 Å². The second kappa shape index (κ2) is 9.02. The summed E-state index contributed by atoms with van der Waals surface area (Å²) >= 11 is 0. The summed E-state index contributed by atoms with van der Waals surface area (Å²) in [5.74, 6) is 0.609. The minimum atomic E-state index is -0.940. The van der Waals surface area contributed by atoms with Gasteiger partial charge in [0.05, 0.1) is 5.69 Å². The van der Waals surface area contributed by atoms with E-state index in [9.17, 15) is 9.59 Å². The highest BCUT2D eigenvalue weighted by molar-refractivity contribution is 6.22. The van der Waals surface area contributed by atoms with Crippen molar-refractivity contribution in [3.8, 4) is 0 Å². The lowest BCUT2D eigenvalue weighted by atomic mass is 9.87. The summed E-state index contributed by atoms with van der Waals surface area (Å²) < 4.78 is 0. The average molecular weight is 464 g/mol. The smallest absolute Gasteiger partial charge is 0.332 e. The Morgan fingerprint density at radius 2 is 1.71 bits per heavy atom. The number of pyridine rings is 1. The summed E-state index contributed by atoms with van der Waals surface area (Å²) in [5, 5.41) is 3.54. The van der Waals surface area contributed by atoms with E-state index in [0.29, 0.717) is 18.3 Å². The molecule has 7 heteroatoms. The fourth-order valence-corrected chi connectivity index (χ4v) is 4.64. The molecule has 0 saturated carbocycles. The second-order valence-electron chi connectivity index (χ2n) is 11.1. The molecule has 7 nitrogen and oxygen atoms in total. The topological polar surface area (TPSA) is 68.8 Å². The van der Waals surface area contributed by atoms with Crippen molar-refractivity contribution in [3.05, 3.63) is 53.7 Å². The summed E-state index contributed by atoms with van der Waals surface area (Å²) in [4.78, 5) is 36.5. The monoisotopic (exact) mass is 463 g/mol. The fourth-order valence-electron chi connectivity index (χ4n) is 4.64. The highest BCUT2D eigenvalue weighted by Gasteiger charge is 2.51. The Morgan fingerprint density at radius 3 is 2.32 bits per heavy atom. The van der Waals surface area contributed by atoms with Gasteiger partial charge in [-0.25, -0.2) is 14.7 Å². The van der Waals surface area contributed by atoms with Gasteiger partial charge < -0.3 is 15.1 Å². The van der Waals surface area contributed by atoms with Crippen LogP contribution >= 0.6 is 0 Å². The van der Waals surface area contributed by atoms with Crippen molar-refractivity contribution in [1.29, 1.82) is 0 Å². The van der Waals surface area contributed by atoms with Gasteiger partial charge in [-0.3, -0.25) is 4.79 Å². The highest BCUT2D eigenvalue weighted by Crippen LogP contribution is 2.34. The number of hydrogen-bond donors (Lipinski definition) is 1. The quantitative estimate of drug-likeness (QED) is 0.655. The highest BCUT2D eigenvalue weighted by atomic mass is 16.2. The maximum Gasteiger partial charge on any atom is 0.332 e. The number of nitrogens with one attached hydrogen (secondary N) is 1. The Kier molecular flexibility index (Phi) is 6.42. The first-order valence-corrected chi connectivity index (χ1v) is 12.1. The molecule has 1 N–H and O–H groups in total. The molecular formula is C27H37N5O2. The lowest BCUT2D eigenvalue weighted by Gasteiger charge is -2.30. The molecule has 3 heterocycles. The van der Waals surface area contributed by atoms with Gasteiger partial charge in [-0.1, -0.05) is 32.9 Å². The van der Waals surface area contributed by atoms with Gasteiger partial charge in [-0.05, 0) is 87.6 Å². The molecule has 182 valence electrons. The van der Waals surface area contributed by atoms with Crippen molar-refractivity contribution in [2.75, 3.05) is 30.4 Å². The number of carbonyl (C=O) groups excluding carboxylic acids is 2. The third-order valence-corrected chi connectivity index (χ3v) is 7.05. The van der Waals surface area contributed by atoms with E-state index in [4.69, 9.17) is 0 Å². The Hall–Kier alpha value is -2.93. The first-order chi connectivity index (χ1) is 16.0. The van der Waals surface area contributed by atoms with Gasteiger partial charge in [0.25, 0.3) is 5.91 Å². The molecule has 2 aliphatic rings. The number of urea groups is 1. The lowest BCUT2D eigenvalue weighted by Crippen LogP contribution is -2.43. The second-order valence-corrected chi connectivity index (χ2v) is 11.1. The van der Waals surface area contributed by atoms with E-state index in [1.165, 1.54) is 4.90 Å². The number of anilines is 2. The van der Waals surface area contributed by atoms with E-state index in [-0.39, 0.29) is 17.4 Å². The van der Waals surface area contributed by atoms with Crippen LogP contribution in [0.15, 0.2) is 42.6 Å². The third kappa shape index (κ3) is 4.80. The molecule has 4 rings (SSSR count). The SMILES string of the molecule is CN1CCC(Nc2cc(CN3C(=O)N(c4ccc(C(C)(C)C)cc4)C(=O)C3(C)C)ccn2)CC1. The summed E-state index contributed by atoms with van der Waals surface area (Å²) in [6, 6.07) is 11.7. The van der Waals surface area contributed by atoms with Crippen molar-refractivity contribution in [2.45, 2.75) is 71.0 Å². The number of rotatable bonds is 5. The fraction of sp³-hybridized carbons (Fsp3) is 0.519. The summed E-state index contributed by atoms with van der Waals surface area (Å²) in [7, 11) is 2.15. The van der Waals surface area contributed by atoms with Gasteiger partial charge in [-0.2, -0.15) is 0 Å². The van der Waals surface area contributed by atoms with Gasteiger partial charge in [-0.15, -0.1) is 0 Å². The molecule has 0 unspecified atom stereocenters. The van der Waals surface area contributed by atoms with E-state index in [2.05, 4.69) is 43.0 Å². The van der Waals surface area contributed by atoms with E-state index < -0.39 is 5.54 Å². The molecule has 1 aromatic carbocycles. The zero-order chi connectivity index (χ0) is 24.7. The summed E-state index contributed by atoms with van der Waals surface area (Å²) in [6.07, 6.45) is 3.93. The molecule has 2 saturated heterocycles. The maximum absolute atomic E-state index is 13.4. The first-order valence-electron chi connectivity index (χ1n) is 12.1. The van der Waals surface area contributed by atoms with Crippen LogP contribution in [0.2, 0.25) is 0 Å². The van der Waals surface area contributed by atoms with Gasteiger partial charge in [0.1, 0.15) is 11.4 Å². The first kappa shape index (κ1) is 24.2. The molecule has 2 fully saturated rings. The Balaban J connectivity index is 1.51. The molecule has 34 heavy (non-hydrogen) atoms. The van der Waals surface area contributed by atoms with Crippen LogP contribution in [0.1, 0.15) is 58.6 Å². The molecule has 3 amide bonds. The Labute approximate surface area is 203 Å². The Morgan fingerprint density at radius 1 is 1.06 bits per heavy atom. The predicted octanol–water partition coefficient (Wildman–Crippen LogP) is 4.63.